The Kier molecular flexibility index (Phi) is 12.5. The van der Waals surface area contributed by atoms with Gasteiger partial charge in [0, 0.05) is 39.3 Å². The van der Waals surface area contributed by atoms with Crippen LogP contribution in [-0.2, 0) is 6.54 Å². The maximum Gasteiger partial charge on any atom is 0.203 e. The van der Waals surface area contributed by atoms with Crippen LogP contribution in [0.25, 0.3) is 0 Å². The van der Waals surface area contributed by atoms with Crippen LogP contribution in [0.1, 0.15) is 39.2 Å². The van der Waals surface area contributed by atoms with Crippen molar-refractivity contribution in [3.63, 3.8) is 0 Å². The summed E-state index contributed by atoms with van der Waals surface area (Å²) in [5, 5.41) is 14.0. The zero-order chi connectivity index (χ0) is 22.9. The van der Waals surface area contributed by atoms with Gasteiger partial charge in [-0.2, -0.15) is 0 Å². The first-order valence-corrected chi connectivity index (χ1v) is 11.2. The van der Waals surface area contributed by atoms with Crippen molar-refractivity contribution in [1.29, 1.82) is 0 Å². The van der Waals surface area contributed by atoms with E-state index in [0.717, 1.165) is 50.8 Å². The summed E-state index contributed by atoms with van der Waals surface area (Å²) in [6.07, 6.45) is 1.41. The van der Waals surface area contributed by atoms with E-state index >= 15 is 0 Å². The molecule has 0 unspecified atom stereocenters. The van der Waals surface area contributed by atoms with E-state index in [2.05, 4.69) is 22.0 Å². The van der Waals surface area contributed by atoms with Gasteiger partial charge >= 0.3 is 0 Å². The van der Waals surface area contributed by atoms with Crippen molar-refractivity contribution in [3.05, 3.63) is 17.7 Å². The van der Waals surface area contributed by atoms with Gasteiger partial charge in [-0.1, -0.05) is 13.8 Å². The number of hydrogen-bond acceptors (Lipinski definition) is 6. The fraction of sp³-hybridized carbons (Fsp3) is 0.696. The Bertz CT molecular complexity index is 695. The largest absolute Gasteiger partial charge is 0.493 e. The van der Waals surface area contributed by atoms with E-state index in [-0.39, 0.29) is 24.0 Å². The average Bonchev–Trinajstić information content (AvgIpc) is 2.81. The van der Waals surface area contributed by atoms with Gasteiger partial charge in [0.05, 0.1) is 33.5 Å². The number of nitrogens with one attached hydrogen (secondary N) is 1. The molecule has 0 bridgehead atoms. The van der Waals surface area contributed by atoms with E-state index in [4.69, 9.17) is 19.2 Å². The first kappa shape index (κ1) is 28.6. The third kappa shape index (κ3) is 7.55. The van der Waals surface area contributed by atoms with Crippen molar-refractivity contribution in [2.75, 3.05) is 60.6 Å². The number of benzene rings is 1. The molecule has 9 heteroatoms. The van der Waals surface area contributed by atoms with E-state index in [1.165, 1.54) is 0 Å². The SMILES string of the molecule is CCNC(=NCC(O)(CC)CC)N1CCN(Cc2cc(OC)c(OC)c(OC)c2)CC1.I. The molecule has 1 aromatic carbocycles. The summed E-state index contributed by atoms with van der Waals surface area (Å²) in [6, 6.07) is 4.02. The Morgan fingerprint density at radius 3 is 2.00 bits per heavy atom. The number of hydrogen-bond donors (Lipinski definition) is 2. The fourth-order valence-corrected chi connectivity index (χ4v) is 3.72. The number of rotatable bonds is 10. The summed E-state index contributed by atoms with van der Waals surface area (Å²) < 4.78 is 16.4. The molecule has 1 saturated heterocycles. The smallest absolute Gasteiger partial charge is 0.203 e. The highest BCUT2D eigenvalue weighted by atomic mass is 127. The Morgan fingerprint density at radius 1 is 1.00 bits per heavy atom. The van der Waals surface area contributed by atoms with Gasteiger partial charge in [0.15, 0.2) is 17.5 Å². The van der Waals surface area contributed by atoms with Crippen LogP contribution in [0.5, 0.6) is 17.2 Å². The molecule has 0 aliphatic carbocycles. The zero-order valence-electron chi connectivity index (χ0n) is 20.4. The van der Waals surface area contributed by atoms with Gasteiger partial charge in [0.2, 0.25) is 5.75 Å². The van der Waals surface area contributed by atoms with Crippen molar-refractivity contribution in [2.24, 2.45) is 4.99 Å². The average molecular weight is 565 g/mol. The van der Waals surface area contributed by atoms with Crippen LogP contribution in [0.4, 0.5) is 0 Å². The fourth-order valence-electron chi connectivity index (χ4n) is 3.72. The molecule has 184 valence electrons. The number of nitrogens with zero attached hydrogens (tertiary/aromatic N) is 3. The standard InChI is InChI=1S/C23H40N4O4.HI/c1-7-23(28,8-2)17-25-22(24-9-3)27-12-10-26(11-13-27)16-18-14-19(29-4)21(31-6)20(15-18)30-5;/h14-15,28H,7-13,16-17H2,1-6H3,(H,24,25);1H. The molecule has 0 amide bonds. The predicted octanol–water partition coefficient (Wildman–Crippen LogP) is 2.96. The second-order valence-corrected chi connectivity index (χ2v) is 7.90. The number of aliphatic imine (C=N–C) groups is 1. The molecule has 32 heavy (non-hydrogen) atoms. The minimum absolute atomic E-state index is 0. The monoisotopic (exact) mass is 564 g/mol. The number of aliphatic hydroxyl groups is 1. The lowest BCUT2D eigenvalue weighted by Crippen LogP contribution is -2.52. The maximum atomic E-state index is 10.6. The van der Waals surface area contributed by atoms with Gasteiger partial charge in [-0.15, -0.1) is 24.0 Å². The summed E-state index contributed by atoms with van der Waals surface area (Å²) in [5.74, 6) is 2.85. The molecule has 2 N–H and O–H groups in total. The first-order chi connectivity index (χ1) is 14.9. The molecule has 1 aliphatic rings. The van der Waals surface area contributed by atoms with Gasteiger partial charge in [0.1, 0.15) is 0 Å². The van der Waals surface area contributed by atoms with Crippen LogP contribution < -0.4 is 19.5 Å². The summed E-state index contributed by atoms with van der Waals surface area (Å²) in [7, 11) is 4.89. The molecule has 0 aromatic heterocycles. The molecule has 1 aromatic rings. The Balaban J connectivity index is 0.00000512. The van der Waals surface area contributed by atoms with Gasteiger partial charge < -0.3 is 29.5 Å². The van der Waals surface area contributed by atoms with E-state index in [0.29, 0.717) is 36.6 Å². The lowest BCUT2D eigenvalue weighted by Gasteiger charge is -2.37. The van der Waals surface area contributed by atoms with Gasteiger partial charge in [-0.25, -0.2) is 0 Å². The van der Waals surface area contributed by atoms with Crippen LogP contribution in [0.2, 0.25) is 0 Å². The lowest BCUT2D eigenvalue weighted by atomic mass is 9.98. The third-order valence-corrected chi connectivity index (χ3v) is 5.98. The summed E-state index contributed by atoms with van der Waals surface area (Å²) >= 11 is 0. The summed E-state index contributed by atoms with van der Waals surface area (Å²) in [5.41, 5.74) is 0.397. The molecule has 0 atom stereocenters. The Labute approximate surface area is 210 Å². The highest BCUT2D eigenvalue weighted by Crippen LogP contribution is 2.38. The number of methoxy groups -OCH3 is 3. The third-order valence-electron chi connectivity index (χ3n) is 5.98. The molecule has 1 aliphatic heterocycles. The maximum absolute atomic E-state index is 10.6. The molecule has 1 fully saturated rings. The second kappa shape index (κ2) is 13.9. The predicted molar refractivity (Wildman–Crippen MR) is 140 cm³/mol. The van der Waals surface area contributed by atoms with Crippen molar-refractivity contribution >= 4 is 29.9 Å². The van der Waals surface area contributed by atoms with Crippen LogP contribution in [-0.4, -0.2) is 87.1 Å². The van der Waals surface area contributed by atoms with Crippen molar-refractivity contribution < 1.29 is 19.3 Å². The number of piperazine rings is 1. The molecule has 1 heterocycles. The second-order valence-electron chi connectivity index (χ2n) is 7.90. The molecule has 0 radical (unpaired) electrons. The normalized spacial score (nSPS) is 15.2. The minimum Gasteiger partial charge on any atom is -0.493 e. The molecule has 2 rings (SSSR count). The van der Waals surface area contributed by atoms with E-state index in [1.807, 2.05) is 26.0 Å². The van der Waals surface area contributed by atoms with Crippen LogP contribution in [0, 0.1) is 0 Å². The molecule has 0 saturated carbocycles. The van der Waals surface area contributed by atoms with Crippen molar-refractivity contribution in [1.82, 2.24) is 15.1 Å². The van der Waals surface area contributed by atoms with Crippen molar-refractivity contribution in [3.8, 4) is 17.2 Å². The Morgan fingerprint density at radius 2 is 1.56 bits per heavy atom. The number of halogens is 1. The number of guanidine groups is 1. The first-order valence-electron chi connectivity index (χ1n) is 11.2. The minimum atomic E-state index is -0.727. The highest BCUT2D eigenvalue weighted by molar-refractivity contribution is 14.0. The molecule has 8 nitrogen and oxygen atoms in total. The zero-order valence-corrected chi connectivity index (χ0v) is 22.8. The lowest BCUT2D eigenvalue weighted by molar-refractivity contribution is 0.0414. The van der Waals surface area contributed by atoms with Crippen molar-refractivity contribution in [2.45, 2.75) is 45.8 Å². The number of ether oxygens (including phenoxy) is 3. The van der Waals surface area contributed by atoms with Crippen LogP contribution in [0.3, 0.4) is 0 Å². The Hall–Kier alpha value is -1.46. The van der Waals surface area contributed by atoms with E-state index in [1.54, 1.807) is 21.3 Å². The van der Waals surface area contributed by atoms with Gasteiger partial charge in [0.25, 0.3) is 0 Å². The molecule has 0 spiro atoms. The summed E-state index contributed by atoms with van der Waals surface area (Å²) in [6.45, 7) is 11.7. The molecular weight excluding hydrogens is 523 g/mol. The van der Waals surface area contributed by atoms with Gasteiger partial charge in [-0.05, 0) is 37.5 Å². The molecular formula is C23H41IN4O4. The summed E-state index contributed by atoms with van der Waals surface area (Å²) in [4.78, 5) is 9.43. The topological polar surface area (TPSA) is 78.8 Å². The van der Waals surface area contributed by atoms with E-state index < -0.39 is 5.60 Å². The highest BCUT2D eigenvalue weighted by Gasteiger charge is 2.24. The van der Waals surface area contributed by atoms with Crippen LogP contribution in [0.15, 0.2) is 17.1 Å². The van der Waals surface area contributed by atoms with Crippen LogP contribution >= 0.6 is 24.0 Å². The quantitative estimate of drug-likeness (QED) is 0.257. The van der Waals surface area contributed by atoms with Gasteiger partial charge in [-0.3, -0.25) is 9.89 Å². The van der Waals surface area contributed by atoms with E-state index in [9.17, 15) is 5.11 Å².